The van der Waals surface area contributed by atoms with Crippen LogP contribution in [0.2, 0.25) is 18.1 Å². The molecule has 1 aliphatic carbocycles. The van der Waals surface area contributed by atoms with Gasteiger partial charge in [-0.25, -0.2) is 4.79 Å². The van der Waals surface area contributed by atoms with Crippen molar-refractivity contribution in [3.05, 3.63) is 94.7 Å². The van der Waals surface area contributed by atoms with E-state index in [0.717, 1.165) is 41.5 Å². The monoisotopic (exact) mass is 589 g/mol. The van der Waals surface area contributed by atoms with E-state index in [9.17, 15) is 9.59 Å². The van der Waals surface area contributed by atoms with Crippen LogP contribution >= 0.6 is 0 Å². The molecule has 7 heteroatoms. The standard InChI is InChI=1S/C35H47NO5Si/c1-24-31(40-25(2)37)23-29-28(22-32(38)39-6)20-15-21-30(29)36(24)33(26-16-11-9-12-17-26)34(27-18-13-10-14-19-27)41-42(7,8)35(3,4)5/h9-14,16-19,22,24,31,33-34H,15,20-21,23H2,1-8H3/b28-22+/t24-,31+,33-,34+/m1/s1. The van der Waals surface area contributed by atoms with Gasteiger partial charge >= 0.3 is 11.9 Å². The van der Waals surface area contributed by atoms with Crippen LogP contribution in [0.5, 0.6) is 0 Å². The zero-order chi connectivity index (χ0) is 30.7. The number of hydrogen-bond donors (Lipinski definition) is 0. The number of nitrogens with zero attached hydrogens (tertiary/aromatic N) is 1. The number of esters is 2. The third-order valence-corrected chi connectivity index (χ3v) is 13.6. The maximum Gasteiger partial charge on any atom is 0.330 e. The minimum atomic E-state index is -2.26. The Hall–Kier alpha value is -3.16. The first-order chi connectivity index (χ1) is 19.8. The van der Waals surface area contributed by atoms with Crippen LogP contribution in [0.1, 0.15) is 83.6 Å². The molecule has 6 nitrogen and oxygen atoms in total. The Kier molecular flexibility index (Phi) is 9.83. The van der Waals surface area contributed by atoms with E-state index in [4.69, 9.17) is 13.9 Å². The normalized spacial score (nSPS) is 21.9. The number of hydrogen-bond acceptors (Lipinski definition) is 6. The summed E-state index contributed by atoms with van der Waals surface area (Å²) in [5.41, 5.74) is 5.49. The minimum absolute atomic E-state index is 0.000741. The van der Waals surface area contributed by atoms with Gasteiger partial charge in [0.1, 0.15) is 6.10 Å². The number of rotatable bonds is 8. The van der Waals surface area contributed by atoms with E-state index in [1.54, 1.807) is 6.08 Å². The fourth-order valence-corrected chi connectivity index (χ4v) is 7.24. The van der Waals surface area contributed by atoms with Crippen LogP contribution in [0.15, 0.2) is 83.6 Å². The van der Waals surface area contributed by atoms with Gasteiger partial charge in [0.05, 0.1) is 25.3 Å². The van der Waals surface area contributed by atoms with Crippen molar-refractivity contribution in [3.63, 3.8) is 0 Å². The van der Waals surface area contributed by atoms with Crippen molar-refractivity contribution in [1.29, 1.82) is 0 Å². The predicted octanol–water partition coefficient (Wildman–Crippen LogP) is 8.05. The van der Waals surface area contributed by atoms with Crippen molar-refractivity contribution >= 4 is 20.3 Å². The Morgan fingerprint density at radius 3 is 2.12 bits per heavy atom. The van der Waals surface area contributed by atoms with E-state index in [2.05, 4.69) is 94.2 Å². The highest BCUT2D eigenvalue weighted by molar-refractivity contribution is 6.74. The number of allylic oxidation sites excluding steroid dienone is 2. The van der Waals surface area contributed by atoms with Crippen molar-refractivity contribution < 1.29 is 23.5 Å². The van der Waals surface area contributed by atoms with Gasteiger partial charge in [-0.2, -0.15) is 0 Å². The van der Waals surface area contributed by atoms with Crippen LogP contribution in [0.3, 0.4) is 0 Å². The first-order valence-corrected chi connectivity index (χ1v) is 18.0. The lowest BCUT2D eigenvalue weighted by Crippen LogP contribution is -2.52. The molecule has 0 saturated heterocycles. The number of carbonyl (C=O) groups excluding carboxylic acids is 2. The van der Waals surface area contributed by atoms with Crippen LogP contribution in [0.4, 0.5) is 0 Å². The second-order valence-corrected chi connectivity index (χ2v) is 17.8. The summed E-state index contributed by atoms with van der Waals surface area (Å²) in [6.45, 7) is 15.0. The molecular formula is C35H47NO5Si. The van der Waals surface area contributed by atoms with Crippen LogP contribution < -0.4 is 0 Å². The molecule has 4 rings (SSSR count). The highest BCUT2D eigenvalue weighted by Crippen LogP contribution is 2.51. The zero-order valence-corrected chi connectivity index (χ0v) is 27.5. The molecule has 0 fully saturated rings. The van der Waals surface area contributed by atoms with Crippen LogP contribution in [-0.2, 0) is 23.5 Å². The molecule has 0 amide bonds. The van der Waals surface area contributed by atoms with Crippen molar-refractivity contribution in [2.75, 3.05) is 7.11 Å². The largest absolute Gasteiger partial charge is 0.466 e. The second kappa shape index (κ2) is 13.0. The second-order valence-electron chi connectivity index (χ2n) is 13.0. The maximum absolute atomic E-state index is 12.4. The molecule has 0 unspecified atom stereocenters. The summed E-state index contributed by atoms with van der Waals surface area (Å²) < 4.78 is 18.4. The highest BCUT2D eigenvalue weighted by atomic mass is 28.4. The van der Waals surface area contributed by atoms with Crippen molar-refractivity contribution in [2.45, 2.75) is 103 Å². The first-order valence-electron chi connectivity index (χ1n) is 15.1. The predicted molar refractivity (Wildman–Crippen MR) is 169 cm³/mol. The summed E-state index contributed by atoms with van der Waals surface area (Å²) in [6.07, 6.45) is 4.09. The Balaban J connectivity index is 1.99. The maximum atomic E-state index is 12.4. The van der Waals surface area contributed by atoms with Gasteiger partial charge in [-0.1, -0.05) is 81.4 Å². The van der Waals surface area contributed by atoms with Crippen LogP contribution in [-0.4, -0.2) is 44.4 Å². The molecule has 1 aliphatic heterocycles. The number of methoxy groups -OCH3 is 1. The number of ether oxygens (including phenoxy) is 2. The van der Waals surface area contributed by atoms with Gasteiger partial charge in [0.25, 0.3) is 0 Å². The lowest BCUT2D eigenvalue weighted by Gasteiger charge is -2.52. The zero-order valence-electron chi connectivity index (χ0n) is 26.5. The topological polar surface area (TPSA) is 65.1 Å². The molecule has 2 aromatic carbocycles. The summed E-state index contributed by atoms with van der Waals surface area (Å²) in [7, 11) is -0.854. The summed E-state index contributed by atoms with van der Waals surface area (Å²) in [6, 6.07) is 20.7. The van der Waals surface area contributed by atoms with Crippen molar-refractivity contribution in [1.82, 2.24) is 4.90 Å². The van der Waals surface area contributed by atoms with Gasteiger partial charge in [0.2, 0.25) is 0 Å². The van der Waals surface area contributed by atoms with Gasteiger partial charge in [-0.15, -0.1) is 0 Å². The molecule has 0 aromatic heterocycles. The van der Waals surface area contributed by atoms with E-state index in [1.807, 2.05) is 12.1 Å². The van der Waals surface area contributed by atoms with Gasteiger partial charge in [0.15, 0.2) is 8.32 Å². The van der Waals surface area contributed by atoms with Crippen molar-refractivity contribution in [3.8, 4) is 0 Å². The lowest BCUT2D eigenvalue weighted by molar-refractivity contribution is -0.151. The molecule has 226 valence electrons. The molecule has 0 spiro atoms. The number of benzene rings is 2. The summed E-state index contributed by atoms with van der Waals surface area (Å²) >= 11 is 0. The average molecular weight is 590 g/mol. The third kappa shape index (κ3) is 6.89. The van der Waals surface area contributed by atoms with Crippen LogP contribution in [0.25, 0.3) is 0 Å². The highest BCUT2D eigenvalue weighted by Gasteiger charge is 2.47. The average Bonchev–Trinajstić information content (AvgIpc) is 2.94. The van der Waals surface area contributed by atoms with Crippen LogP contribution in [0, 0.1) is 0 Å². The van der Waals surface area contributed by atoms with E-state index < -0.39 is 8.32 Å². The quantitative estimate of drug-likeness (QED) is 0.176. The molecule has 0 N–H and O–H groups in total. The molecule has 0 radical (unpaired) electrons. The summed E-state index contributed by atoms with van der Waals surface area (Å²) in [5.74, 6) is -0.672. The van der Waals surface area contributed by atoms with E-state index >= 15 is 0 Å². The molecule has 2 aliphatic rings. The summed E-state index contributed by atoms with van der Waals surface area (Å²) in [5, 5.41) is 0.000741. The number of carbonyl (C=O) groups is 2. The lowest BCUT2D eigenvalue weighted by atomic mass is 9.79. The smallest absolute Gasteiger partial charge is 0.330 e. The molecule has 1 heterocycles. The van der Waals surface area contributed by atoms with E-state index in [-0.39, 0.29) is 41.3 Å². The first kappa shape index (κ1) is 31.8. The SMILES string of the molecule is COC(=O)/C=C1\CCCC2=C1C[C@H](OC(C)=O)[C@@H](C)N2[C@H](c1ccccc1)[C@@H](O[Si](C)(C)C(C)(C)C)c1ccccc1. The third-order valence-electron chi connectivity index (χ3n) is 9.18. The van der Waals surface area contributed by atoms with Gasteiger partial charge in [-0.05, 0) is 66.6 Å². The Morgan fingerprint density at radius 1 is 0.976 bits per heavy atom. The van der Waals surface area contributed by atoms with Gasteiger partial charge in [-0.3, -0.25) is 4.79 Å². The minimum Gasteiger partial charge on any atom is -0.466 e. The summed E-state index contributed by atoms with van der Waals surface area (Å²) in [4.78, 5) is 27.2. The fourth-order valence-electron chi connectivity index (χ4n) is 5.98. The Bertz CT molecular complexity index is 1310. The molecule has 0 saturated carbocycles. The molecule has 0 bridgehead atoms. The van der Waals surface area contributed by atoms with E-state index in [1.165, 1.54) is 19.7 Å². The van der Waals surface area contributed by atoms with E-state index in [0.29, 0.717) is 6.42 Å². The molecular weight excluding hydrogens is 542 g/mol. The Labute approximate surface area is 252 Å². The Morgan fingerprint density at radius 2 is 1.57 bits per heavy atom. The molecule has 4 atom stereocenters. The fraction of sp³-hybridized carbons (Fsp3) is 0.486. The molecule has 42 heavy (non-hydrogen) atoms. The molecule has 2 aromatic rings. The van der Waals surface area contributed by atoms with Gasteiger partial charge in [0, 0.05) is 25.1 Å². The van der Waals surface area contributed by atoms with Crippen molar-refractivity contribution in [2.24, 2.45) is 0 Å². The van der Waals surface area contributed by atoms with Gasteiger partial charge < -0.3 is 18.8 Å².